The molecular formula is C10H16N4O3. The number of aromatic amines is 1. The number of H-pyrrole nitrogens is 1. The Hall–Kier alpha value is -1.92. The van der Waals surface area contributed by atoms with Crippen LogP contribution in [-0.4, -0.2) is 38.2 Å². The second-order valence-corrected chi connectivity index (χ2v) is 3.90. The van der Waals surface area contributed by atoms with Crippen LogP contribution in [0.15, 0.2) is 0 Å². The van der Waals surface area contributed by atoms with E-state index in [1.165, 1.54) is 0 Å². The lowest BCUT2D eigenvalue weighted by atomic mass is 10.1. The van der Waals surface area contributed by atoms with Gasteiger partial charge in [-0.2, -0.15) is 0 Å². The summed E-state index contributed by atoms with van der Waals surface area (Å²) in [5.41, 5.74) is 0. The van der Waals surface area contributed by atoms with E-state index in [1.54, 1.807) is 6.92 Å². The normalized spacial score (nSPS) is 12.1. The minimum atomic E-state index is -0.826. The predicted octanol–water partition coefficient (Wildman–Crippen LogP) is 0.486. The first kappa shape index (κ1) is 13.1. The molecular weight excluding hydrogens is 224 g/mol. The number of nitrogens with zero attached hydrogens (tertiary/aromatic N) is 2. The van der Waals surface area contributed by atoms with Crippen LogP contribution in [0.25, 0.3) is 0 Å². The monoisotopic (exact) mass is 240 g/mol. The summed E-state index contributed by atoms with van der Waals surface area (Å²) in [6.45, 7) is 3.53. The molecule has 0 aromatic carbocycles. The first-order valence-corrected chi connectivity index (χ1v) is 5.40. The highest BCUT2D eigenvalue weighted by Crippen LogP contribution is 2.01. The van der Waals surface area contributed by atoms with Gasteiger partial charge in [-0.3, -0.25) is 14.7 Å². The number of aryl methyl sites for hydroxylation is 1. The van der Waals surface area contributed by atoms with Crippen LogP contribution < -0.4 is 5.32 Å². The molecule has 1 amide bonds. The molecule has 0 spiro atoms. The van der Waals surface area contributed by atoms with Crippen molar-refractivity contribution in [1.29, 1.82) is 0 Å². The number of rotatable bonds is 6. The molecule has 1 unspecified atom stereocenters. The average molecular weight is 240 g/mol. The zero-order valence-electron chi connectivity index (χ0n) is 9.86. The highest BCUT2D eigenvalue weighted by molar-refractivity contribution is 5.90. The van der Waals surface area contributed by atoms with E-state index >= 15 is 0 Å². The van der Waals surface area contributed by atoms with Gasteiger partial charge in [0.05, 0.1) is 0 Å². The van der Waals surface area contributed by atoms with Crippen LogP contribution in [0.4, 0.5) is 0 Å². The SMILES string of the molecule is Cc1nc(C(=O)NC(C)CCCC(=O)O)n[nH]1. The van der Waals surface area contributed by atoms with E-state index in [1.807, 2.05) is 6.92 Å². The summed E-state index contributed by atoms with van der Waals surface area (Å²) in [6.07, 6.45) is 1.26. The van der Waals surface area contributed by atoms with Gasteiger partial charge in [-0.1, -0.05) is 0 Å². The summed E-state index contributed by atoms with van der Waals surface area (Å²) in [7, 11) is 0. The van der Waals surface area contributed by atoms with Crippen molar-refractivity contribution in [3.05, 3.63) is 11.6 Å². The highest BCUT2D eigenvalue weighted by atomic mass is 16.4. The summed E-state index contributed by atoms with van der Waals surface area (Å²) in [5, 5.41) is 17.5. The van der Waals surface area contributed by atoms with Crippen LogP contribution in [0, 0.1) is 6.92 Å². The van der Waals surface area contributed by atoms with Crippen molar-refractivity contribution in [2.24, 2.45) is 0 Å². The lowest BCUT2D eigenvalue weighted by Crippen LogP contribution is -2.33. The number of amides is 1. The Bertz CT molecular complexity index is 402. The number of hydrogen-bond donors (Lipinski definition) is 3. The Kier molecular flexibility index (Phi) is 4.62. The maximum atomic E-state index is 11.6. The average Bonchev–Trinajstić information content (AvgIpc) is 2.64. The van der Waals surface area contributed by atoms with E-state index in [-0.39, 0.29) is 24.2 Å². The lowest BCUT2D eigenvalue weighted by Gasteiger charge is -2.11. The second kappa shape index (κ2) is 5.97. The fourth-order valence-electron chi connectivity index (χ4n) is 1.36. The molecule has 0 aliphatic rings. The van der Waals surface area contributed by atoms with Crippen molar-refractivity contribution < 1.29 is 14.7 Å². The molecule has 1 heterocycles. The minimum Gasteiger partial charge on any atom is -0.481 e. The number of aliphatic carboxylic acids is 1. The summed E-state index contributed by atoms with van der Waals surface area (Å²) < 4.78 is 0. The van der Waals surface area contributed by atoms with Gasteiger partial charge < -0.3 is 10.4 Å². The molecule has 0 saturated heterocycles. The Morgan fingerprint density at radius 2 is 2.24 bits per heavy atom. The van der Waals surface area contributed by atoms with Gasteiger partial charge >= 0.3 is 5.97 Å². The number of nitrogens with one attached hydrogen (secondary N) is 2. The highest BCUT2D eigenvalue weighted by Gasteiger charge is 2.13. The van der Waals surface area contributed by atoms with Crippen LogP contribution in [0.2, 0.25) is 0 Å². The van der Waals surface area contributed by atoms with Crippen LogP contribution in [0.5, 0.6) is 0 Å². The lowest BCUT2D eigenvalue weighted by molar-refractivity contribution is -0.137. The van der Waals surface area contributed by atoms with Crippen molar-refractivity contribution in [2.75, 3.05) is 0 Å². The number of carboxylic acids is 1. The summed E-state index contributed by atoms with van der Waals surface area (Å²) >= 11 is 0. The van der Waals surface area contributed by atoms with Gasteiger partial charge in [0.1, 0.15) is 5.82 Å². The number of hydrogen-bond acceptors (Lipinski definition) is 4. The molecule has 94 valence electrons. The van der Waals surface area contributed by atoms with E-state index in [4.69, 9.17) is 5.11 Å². The number of aromatic nitrogens is 3. The van der Waals surface area contributed by atoms with Gasteiger partial charge in [-0.05, 0) is 26.7 Å². The molecule has 0 bridgehead atoms. The van der Waals surface area contributed by atoms with Crippen LogP contribution in [0.1, 0.15) is 42.6 Å². The standard InChI is InChI=1S/C10H16N4O3/c1-6(4-3-5-8(15)16)11-10(17)9-12-7(2)13-14-9/h6H,3-5H2,1-2H3,(H,11,17)(H,15,16)(H,12,13,14). The van der Waals surface area contributed by atoms with Crippen molar-refractivity contribution in [1.82, 2.24) is 20.5 Å². The first-order valence-electron chi connectivity index (χ1n) is 5.40. The zero-order chi connectivity index (χ0) is 12.8. The smallest absolute Gasteiger partial charge is 0.303 e. The fourth-order valence-corrected chi connectivity index (χ4v) is 1.36. The molecule has 0 saturated carbocycles. The fraction of sp³-hybridized carbons (Fsp3) is 0.600. The molecule has 0 fully saturated rings. The molecule has 17 heavy (non-hydrogen) atoms. The maximum Gasteiger partial charge on any atom is 0.303 e. The van der Waals surface area contributed by atoms with Crippen molar-refractivity contribution in [2.45, 2.75) is 39.2 Å². The van der Waals surface area contributed by atoms with E-state index in [0.717, 1.165) is 0 Å². The molecule has 0 radical (unpaired) electrons. The molecule has 0 aliphatic heterocycles. The summed E-state index contributed by atoms with van der Waals surface area (Å²) in [4.78, 5) is 25.8. The van der Waals surface area contributed by atoms with Gasteiger partial charge in [0.15, 0.2) is 0 Å². The predicted molar refractivity (Wildman–Crippen MR) is 59.5 cm³/mol. The number of carbonyl (C=O) groups is 2. The van der Waals surface area contributed by atoms with Crippen molar-refractivity contribution in [3.63, 3.8) is 0 Å². The number of carbonyl (C=O) groups excluding carboxylic acids is 1. The molecule has 7 nitrogen and oxygen atoms in total. The quantitative estimate of drug-likeness (QED) is 0.670. The van der Waals surface area contributed by atoms with E-state index < -0.39 is 5.97 Å². The summed E-state index contributed by atoms with van der Waals surface area (Å²) in [6, 6.07) is -0.0966. The maximum absolute atomic E-state index is 11.6. The molecule has 0 aliphatic carbocycles. The van der Waals surface area contributed by atoms with Gasteiger partial charge in [0.25, 0.3) is 5.91 Å². The Balaban J connectivity index is 2.33. The second-order valence-electron chi connectivity index (χ2n) is 3.90. The topological polar surface area (TPSA) is 108 Å². The molecule has 1 atom stereocenters. The van der Waals surface area contributed by atoms with Crippen molar-refractivity contribution in [3.8, 4) is 0 Å². The molecule has 1 rings (SSSR count). The summed E-state index contributed by atoms with van der Waals surface area (Å²) in [5.74, 6) is -0.494. The third-order valence-corrected chi connectivity index (χ3v) is 2.21. The third kappa shape index (κ3) is 4.62. The Morgan fingerprint density at radius 1 is 1.53 bits per heavy atom. The Labute approximate surface area is 98.6 Å². The van der Waals surface area contributed by atoms with E-state index in [9.17, 15) is 9.59 Å². The van der Waals surface area contributed by atoms with E-state index in [2.05, 4.69) is 20.5 Å². The third-order valence-electron chi connectivity index (χ3n) is 2.21. The van der Waals surface area contributed by atoms with Crippen LogP contribution in [0.3, 0.4) is 0 Å². The van der Waals surface area contributed by atoms with Gasteiger partial charge in [0.2, 0.25) is 5.82 Å². The van der Waals surface area contributed by atoms with E-state index in [0.29, 0.717) is 18.7 Å². The van der Waals surface area contributed by atoms with Gasteiger partial charge in [0, 0.05) is 12.5 Å². The minimum absolute atomic E-state index is 0.0966. The zero-order valence-corrected chi connectivity index (χ0v) is 9.86. The van der Waals surface area contributed by atoms with Crippen molar-refractivity contribution >= 4 is 11.9 Å². The largest absolute Gasteiger partial charge is 0.481 e. The number of carboxylic acid groups (broad SMARTS) is 1. The molecule has 3 N–H and O–H groups in total. The molecule has 1 aromatic rings. The Morgan fingerprint density at radius 3 is 2.76 bits per heavy atom. The van der Waals surface area contributed by atoms with Crippen LogP contribution in [-0.2, 0) is 4.79 Å². The first-order chi connectivity index (χ1) is 7.99. The molecule has 7 heteroatoms. The van der Waals surface area contributed by atoms with Crippen LogP contribution >= 0.6 is 0 Å². The van der Waals surface area contributed by atoms with Gasteiger partial charge in [-0.15, -0.1) is 5.10 Å². The van der Waals surface area contributed by atoms with Gasteiger partial charge in [-0.25, -0.2) is 4.98 Å². The molecule has 1 aromatic heterocycles.